The van der Waals surface area contributed by atoms with Crippen molar-refractivity contribution in [2.45, 2.75) is 39.7 Å². The monoisotopic (exact) mass is 174 g/mol. The highest BCUT2D eigenvalue weighted by Crippen LogP contribution is 2.20. The van der Waals surface area contributed by atoms with Gasteiger partial charge in [-0.1, -0.05) is 13.8 Å². The number of hydrogen-bond donors (Lipinski definition) is 1. The molecule has 0 aromatic heterocycles. The minimum atomic E-state index is -0.952. The van der Waals surface area contributed by atoms with Gasteiger partial charge in [-0.3, -0.25) is 4.79 Å². The van der Waals surface area contributed by atoms with Crippen molar-refractivity contribution in [2.24, 2.45) is 5.92 Å². The van der Waals surface area contributed by atoms with E-state index in [0.717, 1.165) is 0 Å². The van der Waals surface area contributed by atoms with Gasteiger partial charge in [0.25, 0.3) is 0 Å². The molecule has 1 N–H and O–H groups in total. The molecule has 0 saturated heterocycles. The summed E-state index contributed by atoms with van der Waals surface area (Å²) in [6.07, 6.45) is 0.0680. The summed E-state index contributed by atoms with van der Waals surface area (Å²) in [6, 6.07) is 0. The fourth-order valence-corrected chi connectivity index (χ4v) is 0.708. The number of ether oxygens (including phenoxy) is 1. The van der Waals surface area contributed by atoms with Gasteiger partial charge in [0.2, 0.25) is 0 Å². The standard InChI is InChI=1S/C9H18O3/c1-5-12-8(10)6-9(4,11)7(2)3/h7,11H,5-6H2,1-4H3/t9-/m1/s1. The lowest BCUT2D eigenvalue weighted by Crippen LogP contribution is -2.34. The first-order valence-corrected chi connectivity index (χ1v) is 4.28. The van der Waals surface area contributed by atoms with Crippen LogP contribution in [0.3, 0.4) is 0 Å². The van der Waals surface area contributed by atoms with Gasteiger partial charge in [0.05, 0.1) is 18.6 Å². The third-order valence-electron chi connectivity index (χ3n) is 2.05. The van der Waals surface area contributed by atoms with Gasteiger partial charge in [-0.15, -0.1) is 0 Å². The highest BCUT2D eigenvalue weighted by Gasteiger charge is 2.28. The third kappa shape index (κ3) is 3.72. The molecule has 0 fully saturated rings. The molecular formula is C9H18O3. The SMILES string of the molecule is CCOC(=O)C[C@@](C)(O)C(C)C. The largest absolute Gasteiger partial charge is 0.466 e. The molecule has 0 aliphatic carbocycles. The smallest absolute Gasteiger partial charge is 0.308 e. The molecule has 3 nitrogen and oxygen atoms in total. The highest BCUT2D eigenvalue weighted by molar-refractivity contribution is 5.70. The Morgan fingerprint density at radius 1 is 1.58 bits per heavy atom. The van der Waals surface area contributed by atoms with Gasteiger partial charge < -0.3 is 9.84 Å². The van der Waals surface area contributed by atoms with Crippen LogP contribution in [0.5, 0.6) is 0 Å². The van der Waals surface area contributed by atoms with Crippen molar-refractivity contribution in [3.05, 3.63) is 0 Å². The maximum atomic E-state index is 11.0. The summed E-state index contributed by atoms with van der Waals surface area (Å²) < 4.78 is 4.73. The summed E-state index contributed by atoms with van der Waals surface area (Å²) in [7, 11) is 0. The van der Waals surface area contributed by atoms with E-state index in [1.54, 1.807) is 13.8 Å². The number of esters is 1. The van der Waals surface area contributed by atoms with Crippen molar-refractivity contribution >= 4 is 5.97 Å². The molecule has 0 rings (SSSR count). The van der Waals surface area contributed by atoms with Gasteiger partial charge >= 0.3 is 5.97 Å². The highest BCUT2D eigenvalue weighted by atomic mass is 16.5. The number of aliphatic hydroxyl groups is 1. The van der Waals surface area contributed by atoms with Crippen LogP contribution in [0.15, 0.2) is 0 Å². The summed E-state index contributed by atoms with van der Waals surface area (Å²) in [4.78, 5) is 11.0. The van der Waals surface area contributed by atoms with Crippen LogP contribution >= 0.6 is 0 Å². The Labute approximate surface area is 73.7 Å². The van der Waals surface area contributed by atoms with Crippen molar-refractivity contribution in [3.63, 3.8) is 0 Å². The lowest BCUT2D eigenvalue weighted by molar-refractivity contribution is -0.149. The molecule has 0 heterocycles. The molecule has 0 aromatic rings. The van der Waals surface area contributed by atoms with Gasteiger partial charge in [-0.2, -0.15) is 0 Å². The van der Waals surface area contributed by atoms with Crippen LogP contribution in [0, 0.1) is 5.92 Å². The molecule has 0 bridgehead atoms. The minimum absolute atomic E-state index is 0.0573. The van der Waals surface area contributed by atoms with Crippen LogP contribution in [0.4, 0.5) is 0 Å². The second-order valence-electron chi connectivity index (χ2n) is 3.49. The van der Waals surface area contributed by atoms with E-state index < -0.39 is 5.60 Å². The number of carbonyl (C=O) groups excluding carboxylic acids is 1. The molecule has 72 valence electrons. The maximum Gasteiger partial charge on any atom is 0.308 e. The topological polar surface area (TPSA) is 46.5 Å². The van der Waals surface area contributed by atoms with E-state index >= 15 is 0 Å². The Hall–Kier alpha value is -0.570. The summed E-state index contributed by atoms with van der Waals surface area (Å²) >= 11 is 0. The van der Waals surface area contributed by atoms with Crippen molar-refractivity contribution in [1.82, 2.24) is 0 Å². The lowest BCUT2D eigenvalue weighted by Gasteiger charge is -2.26. The van der Waals surface area contributed by atoms with E-state index in [9.17, 15) is 9.90 Å². The Morgan fingerprint density at radius 2 is 2.08 bits per heavy atom. The van der Waals surface area contributed by atoms with Gasteiger partial charge in [-0.25, -0.2) is 0 Å². The molecule has 0 aliphatic heterocycles. The fraction of sp³-hybridized carbons (Fsp3) is 0.889. The van der Waals surface area contributed by atoms with Gasteiger partial charge in [0, 0.05) is 0 Å². The molecular weight excluding hydrogens is 156 g/mol. The molecule has 1 atom stereocenters. The predicted octanol–water partition coefficient (Wildman–Crippen LogP) is 1.35. The van der Waals surface area contributed by atoms with E-state index in [-0.39, 0.29) is 18.3 Å². The number of rotatable bonds is 4. The molecule has 0 aromatic carbocycles. The van der Waals surface area contributed by atoms with Crippen molar-refractivity contribution < 1.29 is 14.6 Å². The molecule has 12 heavy (non-hydrogen) atoms. The Balaban J connectivity index is 3.97. The number of hydrogen-bond acceptors (Lipinski definition) is 3. The van der Waals surface area contributed by atoms with Gasteiger partial charge in [0.15, 0.2) is 0 Å². The summed E-state index contributed by atoms with van der Waals surface area (Å²) in [6.45, 7) is 7.52. The van der Waals surface area contributed by atoms with E-state index in [1.165, 1.54) is 0 Å². The second-order valence-corrected chi connectivity index (χ2v) is 3.49. The lowest BCUT2D eigenvalue weighted by atomic mass is 9.89. The average Bonchev–Trinajstić information content (AvgIpc) is 1.85. The first-order chi connectivity index (χ1) is 5.40. The van der Waals surface area contributed by atoms with Crippen LogP contribution in [-0.4, -0.2) is 23.3 Å². The maximum absolute atomic E-state index is 11.0. The first kappa shape index (κ1) is 11.4. The van der Waals surface area contributed by atoms with Gasteiger partial charge in [0.1, 0.15) is 0 Å². The van der Waals surface area contributed by atoms with Crippen molar-refractivity contribution in [2.75, 3.05) is 6.61 Å². The zero-order valence-electron chi connectivity index (χ0n) is 8.26. The van der Waals surface area contributed by atoms with Crippen LogP contribution < -0.4 is 0 Å². The molecule has 0 spiro atoms. The van der Waals surface area contributed by atoms with E-state index in [1.807, 2.05) is 13.8 Å². The molecule has 0 radical (unpaired) electrons. The molecule has 0 unspecified atom stereocenters. The van der Waals surface area contributed by atoms with Crippen LogP contribution in [0.25, 0.3) is 0 Å². The zero-order chi connectivity index (χ0) is 9.78. The zero-order valence-corrected chi connectivity index (χ0v) is 8.26. The van der Waals surface area contributed by atoms with Gasteiger partial charge in [-0.05, 0) is 19.8 Å². The second kappa shape index (κ2) is 4.45. The molecule has 0 aliphatic rings. The predicted molar refractivity (Wildman–Crippen MR) is 46.7 cm³/mol. The minimum Gasteiger partial charge on any atom is -0.466 e. The Bertz CT molecular complexity index is 150. The van der Waals surface area contributed by atoms with Crippen molar-refractivity contribution in [1.29, 1.82) is 0 Å². The molecule has 0 saturated carbocycles. The Morgan fingerprint density at radius 3 is 2.42 bits per heavy atom. The quantitative estimate of drug-likeness (QED) is 0.654. The Kier molecular flexibility index (Phi) is 4.24. The van der Waals surface area contributed by atoms with E-state index in [0.29, 0.717) is 6.61 Å². The van der Waals surface area contributed by atoms with E-state index in [4.69, 9.17) is 4.74 Å². The van der Waals surface area contributed by atoms with Crippen LogP contribution in [-0.2, 0) is 9.53 Å². The summed E-state index contributed by atoms with van der Waals surface area (Å²) in [5, 5.41) is 9.69. The average molecular weight is 174 g/mol. The summed E-state index contributed by atoms with van der Waals surface area (Å²) in [5.41, 5.74) is -0.952. The third-order valence-corrected chi connectivity index (χ3v) is 2.05. The molecule has 3 heteroatoms. The fourth-order valence-electron chi connectivity index (χ4n) is 0.708. The van der Waals surface area contributed by atoms with Crippen LogP contribution in [0.1, 0.15) is 34.1 Å². The molecule has 0 amide bonds. The first-order valence-electron chi connectivity index (χ1n) is 4.28. The van der Waals surface area contributed by atoms with E-state index in [2.05, 4.69) is 0 Å². The summed E-state index contributed by atoms with van der Waals surface area (Å²) in [5.74, 6) is -0.280. The number of carbonyl (C=O) groups is 1. The van der Waals surface area contributed by atoms with Crippen LogP contribution in [0.2, 0.25) is 0 Å². The van der Waals surface area contributed by atoms with Crippen molar-refractivity contribution in [3.8, 4) is 0 Å². The normalized spacial score (nSPS) is 15.8.